The first-order valence-corrected chi connectivity index (χ1v) is 6.12. The van der Waals surface area contributed by atoms with Crippen molar-refractivity contribution in [2.24, 2.45) is 0 Å². The lowest BCUT2D eigenvalue weighted by Crippen LogP contribution is -2.26. The Morgan fingerprint density at radius 1 is 1.31 bits per heavy atom. The molecule has 90 valence electrons. The third-order valence-corrected chi connectivity index (χ3v) is 2.31. The minimum atomic E-state index is 0.0590. The third-order valence-electron chi connectivity index (χ3n) is 2.12. The molecule has 3 heteroatoms. The van der Waals surface area contributed by atoms with E-state index in [2.05, 4.69) is 63.8 Å². The van der Waals surface area contributed by atoms with Crippen molar-refractivity contribution < 1.29 is 4.74 Å². The topological polar surface area (TPSA) is 21.3 Å². The van der Waals surface area contributed by atoms with Crippen LogP contribution in [0, 0.1) is 6.92 Å². The zero-order chi connectivity index (χ0) is 12.2. The molecular weight excluding hydrogens is 218 g/mol. The average molecular weight is 239 g/mol. The molecule has 1 aromatic carbocycles. The Morgan fingerprint density at radius 2 is 2.00 bits per heavy atom. The molecule has 0 saturated heterocycles. The van der Waals surface area contributed by atoms with Crippen molar-refractivity contribution in [3.8, 4) is 0 Å². The van der Waals surface area contributed by atoms with Gasteiger partial charge in [0, 0.05) is 16.8 Å². The summed E-state index contributed by atoms with van der Waals surface area (Å²) in [5.41, 5.74) is 3.63. The second-order valence-electron chi connectivity index (χ2n) is 5.01. The lowest BCUT2D eigenvalue weighted by molar-refractivity contribution is 0.170. The molecule has 0 aliphatic rings. The van der Waals surface area contributed by atoms with Gasteiger partial charge in [-0.15, -0.1) is 0 Å². The van der Waals surface area contributed by atoms with Gasteiger partial charge in [-0.3, -0.25) is 0 Å². The van der Waals surface area contributed by atoms with Crippen molar-refractivity contribution in [2.75, 3.05) is 11.3 Å². The summed E-state index contributed by atoms with van der Waals surface area (Å²) in [5.74, 6) is 0.447. The van der Waals surface area contributed by atoms with Gasteiger partial charge in [0.25, 0.3) is 0 Å². The van der Waals surface area contributed by atoms with Gasteiger partial charge < -0.3 is 10.1 Å². The van der Waals surface area contributed by atoms with Crippen LogP contribution in [0.4, 0.5) is 5.69 Å². The lowest BCUT2D eigenvalue weighted by Gasteiger charge is -2.24. The Hall–Kier alpha value is -0.670. The van der Waals surface area contributed by atoms with E-state index in [1.165, 1.54) is 11.1 Å². The summed E-state index contributed by atoms with van der Waals surface area (Å²) < 4.78 is 5.34. The molecule has 0 fully saturated rings. The molecule has 1 N–H and O–H groups in total. The van der Waals surface area contributed by atoms with Crippen LogP contribution in [0.25, 0.3) is 0 Å². The second-order valence-corrected chi connectivity index (χ2v) is 5.27. The highest BCUT2D eigenvalue weighted by atomic mass is 32.1. The normalized spacial score (nSPS) is 11.6. The van der Waals surface area contributed by atoms with E-state index in [4.69, 9.17) is 4.74 Å². The molecular formula is C13H21NOS. The number of hydrogen-bond acceptors (Lipinski definition) is 3. The van der Waals surface area contributed by atoms with Crippen molar-refractivity contribution in [2.45, 2.75) is 39.8 Å². The fourth-order valence-electron chi connectivity index (χ4n) is 1.49. The number of hydrogen-bond donors (Lipinski definition) is 2. The van der Waals surface area contributed by atoms with E-state index in [0.29, 0.717) is 12.5 Å². The highest BCUT2D eigenvalue weighted by molar-refractivity contribution is 7.80. The lowest BCUT2D eigenvalue weighted by atomic mass is 10.0. The Bertz CT molecular complexity index is 344. The molecule has 1 aromatic rings. The quantitative estimate of drug-likeness (QED) is 0.618. The van der Waals surface area contributed by atoms with E-state index in [9.17, 15) is 0 Å². The average Bonchev–Trinajstić information content (AvgIpc) is 2.14. The summed E-state index contributed by atoms with van der Waals surface area (Å²) in [5, 5.41) is 3.49. The molecule has 0 aliphatic heterocycles. The SMILES string of the molecule is Cc1ccc(COCS)c(NC(C)(C)C)c1. The first kappa shape index (κ1) is 13.4. The van der Waals surface area contributed by atoms with Crippen molar-refractivity contribution in [3.05, 3.63) is 29.3 Å². The molecule has 0 bridgehead atoms. The number of anilines is 1. The number of rotatable bonds is 4. The summed E-state index contributed by atoms with van der Waals surface area (Å²) in [6.07, 6.45) is 0. The molecule has 0 saturated carbocycles. The Morgan fingerprint density at radius 3 is 2.56 bits per heavy atom. The summed E-state index contributed by atoms with van der Waals surface area (Å²) in [4.78, 5) is 0. The molecule has 0 aliphatic carbocycles. The maximum atomic E-state index is 5.34. The minimum Gasteiger partial charge on any atom is -0.380 e. The second kappa shape index (κ2) is 5.60. The van der Waals surface area contributed by atoms with Crippen LogP contribution < -0.4 is 5.32 Å². The highest BCUT2D eigenvalue weighted by Crippen LogP contribution is 2.22. The molecule has 0 heterocycles. The van der Waals surface area contributed by atoms with Crippen LogP contribution in [0.5, 0.6) is 0 Å². The number of aryl methyl sites for hydroxylation is 1. The predicted molar refractivity (Wildman–Crippen MR) is 73.2 cm³/mol. The standard InChI is InChI=1S/C13H21NOS/c1-10-5-6-11(8-15-9-16)12(7-10)14-13(2,3)4/h5-7,14,16H,8-9H2,1-4H3. The van der Waals surface area contributed by atoms with Gasteiger partial charge in [0.1, 0.15) is 0 Å². The zero-order valence-corrected chi connectivity index (χ0v) is 11.4. The van der Waals surface area contributed by atoms with Gasteiger partial charge >= 0.3 is 0 Å². The van der Waals surface area contributed by atoms with E-state index in [1.54, 1.807) is 0 Å². The zero-order valence-electron chi connectivity index (χ0n) is 10.5. The summed E-state index contributed by atoms with van der Waals surface area (Å²) in [6, 6.07) is 6.36. The molecule has 0 radical (unpaired) electrons. The summed E-state index contributed by atoms with van der Waals surface area (Å²) >= 11 is 4.05. The van der Waals surface area contributed by atoms with Crippen molar-refractivity contribution in [3.63, 3.8) is 0 Å². The van der Waals surface area contributed by atoms with E-state index in [1.807, 2.05) is 0 Å². The van der Waals surface area contributed by atoms with Gasteiger partial charge in [0.15, 0.2) is 0 Å². The fourth-order valence-corrected chi connectivity index (χ4v) is 1.58. The molecule has 0 aromatic heterocycles. The molecule has 1 rings (SSSR count). The first-order valence-electron chi connectivity index (χ1n) is 5.49. The summed E-state index contributed by atoms with van der Waals surface area (Å²) in [6.45, 7) is 9.15. The van der Waals surface area contributed by atoms with E-state index >= 15 is 0 Å². The third kappa shape index (κ3) is 4.45. The van der Waals surface area contributed by atoms with Crippen LogP contribution in [0.1, 0.15) is 31.9 Å². The molecule has 16 heavy (non-hydrogen) atoms. The predicted octanol–water partition coefficient (Wildman–Crippen LogP) is 3.61. The number of thiol groups is 1. The number of nitrogens with one attached hydrogen (secondary N) is 1. The molecule has 2 nitrogen and oxygen atoms in total. The molecule has 0 spiro atoms. The van der Waals surface area contributed by atoms with Gasteiger partial charge in [-0.2, -0.15) is 12.6 Å². The van der Waals surface area contributed by atoms with Gasteiger partial charge in [0.2, 0.25) is 0 Å². The summed E-state index contributed by atoms with van der Waals surface area (Å²) in [7, 11) is 0. The molecule has 0 atom stereocenters. The first-order chi connectivity index (χ1) is 7.42. The fraction of sp³-hybridized carbons (Fsp3) is 0.538. The monoisotopic (exact) mass is 239 g/mol. The Balaban J connectivity index is 2.89. The van der Waals surface area contributed by atoms with Gasteiger partial charge in [-0.25, -0.2) is 0 Å². The maximum Gasteiger partial charge on any atom is 0.0897 e. The molecule has 0 unspecified atom stereocenters. The van der Waals surface area contributed by atoms with Gasteiger partial charge in [0.05, 0.1) is 12.5 Å². The Kier molecular flexibility index (Phi) is 4.69. The van der Waals surface area contributed by atoms with Crippen LogP contribution in [-0.2, 0) is 11.3 Å². The van der Waals surface area contributed by atoms with Crippen molar-refractivity contribution in [1.82, 2.24) is 0 Å². The molecule has 0 amide bonds. The maximum absolute atomic E-state index is 5.34. The van der Waals surface area contributed by atoms with Gasteiger partial charge in [-0.05, 0) is 39.3 Å². The van der Waals surface area contributed by atoms with E-state index in [0.717, 1.165) is 5.69 Å². The Labute approximate surface area is 104 Å². The smallest absolute Gasteiger partial charge is 0.0897 e. The van der Waals surface area contributed by atoms with Crippen LogP contribution >= 0.6 is 12.6 Å². The van der Waals surface area contributed by atoms with Crippen LogP contribution in [0.3, 0.4) is 0 Å². The van der Waals surface area contributed by atoms with Crippen molar-refractivity contribution in [1.29, 1.82) is 0 Å². The van der Waals surface area contributed by atoms with Crippen LogP contribution in [-0.4, -0.2) is 11.5 Å². The highest BCUT2D eigenvalue weighted by Gasteiger charge is 2.12. The minimum absolute atomic E-state index is 0.0590. The van der Waals surface area contributed by atoms with E-state index in [-0.39, 0.29) is 5.54 Å². The van der Waals surface area contributed by atoms with Crippen LogP contribution in [0.15, 0.2) is 18.2 Å². The van der Waals surface area contributed by atoms with Gasteiger partial charge in [-0.1, -0.05) is 12.1 Å². The van der Waals surface area contributed by atoms with Crippen molar-refractivity contribution >= 4 is 18.3 Å². The van der Waals surface area contributed by atoms with E-state index < -0.39 is 0 Å². The largest absolute Gasteiger partial charge is 0.380 e. The number of ether oxygens (including phenoxy) is 1. The van der Waals surface area contributed by atoms with Crippen LogP contribution in [0.2, 0.25) is 0 Å². The number of benzene rings is 1.